The smallest absolute Gasteiger partial charge is 0.147 e. The molecule has 2 rings (SSSR count). The molecule has 1 aromatic heterocycles. The molecule has 1 aliphatic carbocycles. The lowest BCUT2D eigenvalue weighted by Crippen LogP contribution is -2.29. The lowest BCUT2D eigenvalue weighted by molar-refractivity contribution is 0.610. The van der Waals surface area contributed by atoms with Crippen molar-refractivity contribution in [2.75, 3.05) is 11.9 Å². The van der Waals surface area contributed by atoms with E-state index in [4.69, 9.17) is 11.6 Å². The van der Waals surface area contributed by atoms with Crippen molar-refractivity contribution in [1.29, 1.82) is 0 Å². The highest BCUT2D eigenvalue weighted by molar-refractivity contribution is 6.33. The first-order valence-electron chi connectivity index (χ1n) is 7.22. The standard InChI is InChI=1S/C15H24ClN3/c1-4-5-11(2)19(3)15-14(16)8-12(10-18-15)9-17-13-6-7-13/h8,10-11,13,17H,4-7,9H2,1-3H3. The summed E-state index contributed by atoms with van der Waals surface area (Å²) in [4.78, 5) is 6.70. The first-order valence-corrected chi connectivity index (χ1v) is 7.60. The van der Waals surface area contributed by atoms with Crippen LogP contribution in [0.2, 0.25) is 5.02 Å². The zero-order chi connectivity index (χ0) is 13.8. The van der Waals surface area contributed by atoms with Crippen molar-refractivity contribution in [3.8, 4) is 0 Å². The Kier molecular flexibility index (Phi) is 5.06. The summed E-state index contributed by atoms with van der Waals surface area (Å²) in [7, 11) is 2.07. The first kappa shape index (κ1) is 14.6. The average molecular weight is 282 g/mol. The largest absolute Gasteiger partial charge is 0.356 e. The summed E-state index contributed by atoms with van der Waals surface area (Å²) in [5.41, 5.74) is 1.16. The Morgan fingerprint density at radius 3 is 2.84 bits per heavy atom. The van der Waals surface area contributed by atoms with E-state index in [1.165, 1.54) is 19.3 Å². The maximum atomic E-state index is 6.37. The number of halogens is 1. The molecule has 0 radical (unpaired) electrons. The zero-order valence-corrected chi connectivity index (χ0v) is 12.9. The number of nitrogens with one attached hydrogen (secondary N) is 1. The molecule has 4 heteroatoms. The van der Waals surface area contributed by atoms with Crippen molar-refractivity contribution in [2.45, 2.75) is 58.2 Å². The highest BCUT2D eigenvalue weighted by Crippen LogP contribution is 2.26. The number of anilines is 1. The van der Waals surface area contributed by atoms with Gasteiger partial charge < -0.3 is 10.2 Å². The normalized spacial score (nSPS) is 16.4. The predicted molar refractivity (Wildman–Crippen MR) is 81.9 cm³/mol. The number of pyridine rings is 1. The molecule has 1 aliphatic rings. The van der Waals surface area contributed by atoms with Gasteiger partial charge in [0.15, 0.2) is 0 Å². The van der Waals surface area contributed by atoms with Crippen LogP contribution in [0.3, 0.4) is 0 Å². The molecule has 1 atom stereocenters. The van der Waals surface area contributed by atoms with Gasteiger partial charge in [0, 0.05) is 31.9 Å². The minimum atomic E-state index is 0.463. The second-order valence-corrected chi connectivity index (χ2v) is 5.96. The SMILES string of the molecule is CCCC(C)N(C)c1ncc(CNC2CC2)cc1Cl. The van der Waals surface area contributed by atoms with Gasteiger partial charge in [0.05, 0.1) is 5.02 Å². The van der Waals surface area contributed by atoms with Gasteiger partial charge in [-0.3, -0.25) is 0 Å². The van der Waals surface area contributed by atoms with E-state index in [9.17, 15) is 0 Å². The number of rotatable bonds is 7. The Balaban J connectivity index is 2.00. The summed E-state index contributed by atoms with van der Waals surface area (Å²) in [5, 5.41) is 4.23. The molecule has 1 heterocycles. The van der Waals surface area contributed by atoms with Crippen LogP contribution >= 0.6 is 11.6 Å². The highest BCUT2D eigenvalue weighted by Gasteiger charge is 2.20. The van der Waals surface area contributed by atoms with E-state index in [0.717, 1.165) is 29.4 Å². The zero-order valence-electron chi connectivity index (χ0n) is 12.1. The molecule has 0 aliphatic heterocycles. The monoisotopic (exact) mass is 281 g/mol. The van der Waals surface area contributed by atoms with Crippen molar-refractivity contribution < 1.29 is 0 Å². The fraction of sp³-hybridized carbons (Fsp3) is 0.667. The molecule has 1 saturated carbocycles. The van der Waals surface area contributed by atoms with Crippen molar-refractivity contribution >= 4 is 17.4 Å². The molecule has 19 heavy (non-hydrogen) atoms. The van der Waals surface area contributed by atoms with Gasteiger partial charge in [-0.05, 0) is 37.8 Å². The molecule has 0 bridgehead atoms. The van der Waals surface area contributed by atoms with E-state index in [0.29, 0.717) is 12.1 Å². The molecule has 1 unspecified atom stereocenters. The van der Waals surface area contributed by atoms with Crippen LogP contribution in [-0.2, 0) is 6.54 Å². The lowest BCUT2D eigenvalue weighted by atomic mass is 10.1. The Hall–Kier alpha value is -0.800. The Labute approximate surface area is 121 Å². The van der Waals surface area contributed by atoms with Crippen LogP contribution in [0.5, 0.6) is 0 Å². The number of aromatic nitrogens is 1. The molecule has 3 nitrogen and oxygen atoms in total. The second-order valence-electron chi connectivity index (χ2n) is 5.55. The lowest BCUT2D eigenvalue weighted by Gasteiger charge is -2.26. The van der Waals surface area contributed by atoms with Crippen molar-refractivity contribution in [3.63, 3.8) is 0 Å². The fourth-order valence-corrected chi connectivity index (χ4v) is 2.52. The molecule has 0 amide bonds. The van der Waals surface area contributed by atoms with Gasteiger partial charge >= 0.3 is 0 Å². The number of hydrogen-bond donors (Lipinski definition) is 1. The van der Waals surface area contributed by atoms with Gasteiger partial charge in [-0.15, -0.1) is 0 Å². The Bertz CT molecular complexity index is 418. The second kappa shape index (κ2) is 6.58. The molecule has 0 aromatic carbocycles. The molecule has 1 aromatic rings. The van der Waals surface area contributed by atoms with E-state index in [1.807, 2.05) is 12.3 Å². The van der Waals surface area contributed by atoms with Crippen LogP contribution in [0, 0.1) is 0 Å². The van der Waals surface area contributed by atoms with Crippen molar-refractivity contribution in [3.05, 3.63) is 22.8 Å². The predicted octanol–water partition coefficient (Wildman–Crippen LogP) is 3.61. The maximum absolute atomic E-state index is 6.37. The van der Waals surface area contributed by atoms with E-state index in [-0.39, 0.29) is 0 Å². The van der Waals surface area contributed by atoms with Crippen molar-refractivity contribution in [1.82, 2.24) is 10.3 Å². The molecule has 0 saturated heterocycles. The highest BCUT2D eigenvalue weighted by atomic mass is 35.5. The van der Waals surface area contributed by atoms with Crippen LogP contribution in [0.25, 0.3) is 0 Å². The summed E-state index contributed by atoms with van der Waals surface area (Å²) in [5.74, 6) is 0.887. The Morgan fingerprint density at radius 1 is 1.53 bits per heavy atom. The fourth-order valence-electron chi connectivity index (χ4n) is 2.20. The van der Waals surface area contributed by atoms with Gasteiger partial charge in [0.1, 0.15) is 5.82 Å². The van der Waals surface area contributed by atoms with Gasteiger partial charge in [0.2, 0.25) is 0 Å². The summed E-state index contributed by atoms with van der Waals surface area (Å²) >= 11 is 6.37. The topological polar surface area (TPSA) is 28.2 Å². The summed E-state index contributed by atoms with van der Waals surface area (Å²) in [6.45, 7) is 5.28. The number of nitrogens with zero attached hydrogens (tertiary/aromatic N) is 2. The Morgan fingerprint density at radius 2 is 2.26 bits per heavy atom. The van der Waals surface area contributed by atoms with Gasteiger partial charge in [-0.25, -0.2) is 4.98 Å². The van der Waals surface area contributed by atoms with Gasteiger partial charge in [-0.1, -0.05) is 24.9 Å². The third kappa shape index (κ3) is 4.08. The average Bonchev–Trinajstić information content (AvgIpc) is 3.20. The summed E-state index contributed by atoms with van der Waals surface area (Å²) < 4.78 is 0. The van der Waals surface area contributed by atoms with E-state index in [2.05, 4.69) is 36.1 Å². The van der Waals surface area contributed by atoms with Crippen LogP contribution in [-0.4, -0.2) is 24.1 Å². The van der Waals surface area contributed by atoms with E-state index < -0.39 is 0 Å². The number of hydrogen-bond acceptors (Lipinski definition) is 3. The van der Waals surface area contributed by atoms with Crippen molar-refractivity contribution in [2.24, 2.45) is 0 Å². The van der Waals surface area contributed by atoms with Crippen LogP contribution in [0.15, 0.2) is 12.3 Å². The molecule has 1 N–H and O–H groups in total. The third-order valence-electron chi connectivity index (χ3n) is 3.75. The van der Waals surface area contributed by atoms with Crippen LogP contribution < -0.4 is 10.2 Å². The molecular formula is C15H24ClN3. The third-order valence-corrected chi connectivity index (χ3v) is 4.03. The van der Waals surface area contributed by atoms with Crippen LogP contribution in [0.4, 0.5) is 5.82 Å². The maximum Gasteiger partial charge on any atom is 0.147 e. The summed E-state index contributed by atoms with van der Waals surface area (Å²) in [6.07, 6.45) is 6.87. The van der Waals surface area contributed by atoms with E-state index >= 15 is 0 Å². The minimum Gasteiger partial charge on any atom is -0.356 e. The van der Waals surface area contributed by atoms with Gasteiger partial charge in [-0.2, -0.15) is 0 Å². The van der Waals surface area contributed by atoms with E-state index in [1.54, 1.807) is 0 Å². The quantitative estimate of drug-likeness (QED) is 0.827. The molecule has 1 fully saturated rings. The molecule has 106 valence electrons. The van der Waals surface area contributed by atoms with Crippen LogP contribution in [0.1, 0.15) is 45.1 Å². The summed E-state index contributed by atoms with van der Waals surface area (Å²) in [6, 6.07) is 3.21. The van der Waals surface area contributed by atoms with Gasteiger partial charge in [0.25, 0.3) is 0 Å². The first-order chi connectivity index (χ1) is 9.11. The molecule has 0 spiro atoms. The molecular weight excluding hydrogens is 258 g/mol. The minimum absolute atomic E-state index is 0.463.